The van der Waals surface area contributed by atoms with E-state index < -0.39 is 16.0 Å². The zero-order valence-electron chi connectivity index (χ0n) is 12.1. The molecular weight excluding hydrogens is 314 g/mol. The monoisotopic (exact) mass is 333 g/mol. The minimum Gasteiger partial charge on any atom is -0.481 e. The van der Waals surface area contributed by atoms with Gasteiger partial charge in [0.1, 0.15) is 0 Å². The summed E-state index contributed by atoms with van der Waals surface area (Å²) >= 11 is 5.93. The lowest BCUT2D eigenvalue weighted by molar-refractivity contribution is -0.137. The Kier molecular flexibility index (Phi) is 6.64. The number of hydrogen-bond acceptors (Lipinski definition) is 3. The zero-order chi connectivity index (χ0) is 16.0. The van der Waals surface area contributed by atoms with E-state index in [0.717, 1.165) is 0 Å². The Morgan fingerprint density at radius 3 is 2.67 bits per heavy atom. The highest BCUT2D eigenvalue weighted by Gasteiger charge is 2.18. The molecule has 0 aliphatic rings. The molecule has 0 heterocycles. The van der Waals surface area contributed by atoms with Gasteiger partial charge in [0, 0.05) is 18.0 Å². The van der Waals surface area contributed by atoms with Gasteiger partial charge < -0.3 is 5.11 Å². The van der Waals surface area contributed by atoms with Gasteiger partial charge >= 0.3 is 5.97 Å². The third kappa shape index (κ3) is 5.65. The van der Waals surface area contributed by atoms with Crippen LogP contribution in [0, 0.1) is 12.8 Å². The van der Waals surface area contributed by atoms with Crippen LogP contribution in [0.4, 0.5) is 0 Å². The van der Waals surface area contributed by atoms with Gasteiger partial charge in [-0.15, -0.1) is 0 Å². The number of benzene rings is 1. The molecule has 1 rings (SSSR count). The van der Waals surface area contributed by atoms with Crippen molar-refractivity contribution in [1.29, 1.82) is 0 Å². The molecular formula is C14H20ClNO4S. The molecule has 0 saturated carbocycles. The van der Waals surface area contributed by atoms with Crippen molar-refractivity contribution in [3.8, 4) is 0 Å². The van der Waals surface area contributed by atoms with Crippen molar-refractivity contribution in [3.63, 3.8) is 0 Å². The van der Waals surface area contributed by atoms with Gasteiger partial charge in [0.25, 0.3) is 0 Å². The number of rotatable bonds is 8. The summed E-state index contributed by atoms with van der Waals surface area (Å²) in [6.07, 6.45) is 1.22. The van der Waals surface area contributed by atoms with Gasteiger partial charge in [0.05, 0.1) is 4.90 Å². The molecule has 0 saturated heterocycles. The van der Waals surface area contributed by atoms with Crippen LogP contribution < -0.4 is 4.72 Å². The Labute approximate surface area is 130 Å². The van der Waals surface area contributed by atoms with Crippen molar-refractivity contribution < 1.29 is 18.3 Å². The van der Waals surface area contributed by atoms with E-state index in [1.165, 1.54) is 6.07 Å². The topological polar surface area (TPSA) is 83.5 Å². The lowest BCUT2D eigenvalue weighted by Crippen LogP contribution is -2.26. The predicted octanol–water partition coefficient (Wildman–Crippen LogP) is 2.82. The lowest BCUT2D eigenvalue weighted by atomic mass is 10.0. The molecule has 1 aromatic carbocycles. The van der Waals surface area contributed by atoms with E-state index in [4.69, 9.17) is 16.7 Å². The highest BCUT2D eigenvalue weighted by atomic mass is 35.5. The molecule has 1 atom stereocenters. The molecule has 21 heavy (non-hydrogen) atoms. The molecule has 0 radical (unpaired) electrons. The Hall–Kier alpha value is -1.11. The van der Waals surface area contributed by atoms with Crippen LogP contribution in [-0.4, -0.2) is 26.0 Å². The molecule has 1 aromatic rings. The average Bonchev–Trinajstić information content (AvgIpc) is 2.39. The summed E-state index contributed by atoms with van der Waals surface area (Å²) in [4.78, 5) is 10.6. The minimum atomic E-state index is -3.59. The van der Waals surface area contributed by atoms with Gasteiger partial charge in [-0.3, -0.25) is 4.79 Å². The number of carboxylic acids is 1. The molecule has 0 spiro atoms. The molecule has 0 aliphatic carbocycles. The number of sulfonamides is 1. The Morgan fingerprint density at radius 1 is 1.38 bits per heavy atom. The number of aliphatic carboxylic acids is 1. The zero-order valence-corrected chi connectivity index (χ0v) is 13.7. The summed E-state index contributed by atoms with van der Waals surface area (Å²) in [6.45, 7) is 3.84. The Morgan fingerprint density at radius 2 is 2.05 bits per heavy atom. The number of halogens is 1. The van der Waals surface area contributed by atoms with E-state index in [-0.39, 0.29) is 23.8 Å². The second kappa shape index (κ2) is 7.77. The summed E-state index contributed by atoms with van der Waals surface area (Å²) in [7, 11) is -3.59. The fraction of sp³-hybridized carbons (Fsp3) is 0.500. The summed E-state index contributed by atoms with van der Waals surface area (Å²) in [5, 5.41) is 9.01. The van der Waals surface area contributed by atoms with Gasteiger partial charge in [0.2, 0.25) is 10.0 Å². The Balaban J connectivity index is 2.58. The number of nitrogens with one attached hydrogen (secondary N) is 1. The van der Waals surface area contributed by atoms with Gasteiger partial charge in [-0.2, -0.15) is 0 Å². The van der Waals surface area contributed by atoms with Crippen molar-refractivity contribution in [1.82, 2.24) is 4.72 Å². The Bertz CT molecular complexity index is 601. The lowest BCUT2D eigenvalue weighted by Gasteiger charge is -2.13. The smallest absolute Gasteiger partial charge is 0.303 e. The van der Waals surface area contributed by atoms with E-state index in [2.05, 4.69) is 4.72 Å². The van der Waals surface area contributed by atoms with E-state index in [1.807, 2.05) is 6.92 Å². The summed E-state index contributed by atoms with van der Waals surface area (Å²) in [5.74, 6) is -0.693. The van der Waals surface area contributed by atoms with Crippen molar-refractivity contribution >= 4 is 27.6 Å². The maximum atomic E-state index is 12.2. The van der Waals surface area contributed by atoms with Crippen molar-refractivity contribution in [2.75, 3.05) is 6.54 Å². The highest BCUT2D eigenvalue weighted by Crippen LogP contribution is 2.22. The van der Waals surface area contributed by atoms with Gasteiger partial charge in [-0.25, -0.2) is 13.1 Å². The van der Waals surface area contributed by atoms with Crippen molar-refractivity contribution in [2.45, 2.75) is 38.0 Å². The average molecular weight is 334 g/mol. The van der Waals surface area contributed by atoms with Gasteiger partial charge in [-0.1, -0.05) is 24.6 Å². The van der Waals surface area contributed by atoms with Crippen LogP contribution in [0.5, 0.6) is 0 Å². The second-order valence-corrected chi connectivity index (χ2v) is 7.23. The normalized spacial score (nSPS) is 13.1. The van der Waals surface area contributed by atoms with Crippen LogP contribution >= 0.6 is 11.6 Å². The van der Waals surface area contributed by atoms with E-state index in [0.29, 0.717) is 23.4 Å². The molecule has 0 aliphatic heterocycles. The van der Waals surface area contributed by atoms with Gasteiger partial charge in [-0.05, 0) is 43.4 Å². The van der Waals surface area contributed by atoms with E-state index in [9.17, 15) is 13.2 Å². The fourth-order valence-corrected chi connectivity index (χ4v) is 3.45. The summed E-state index contributed by atoms with van der Waals surface area (Å²) in [6, 6.07) is 4.75. The molecule has 118 valence electrons. The van der Waals surface area contributed by atoms with Crippen LogP contribution in [0.25, 0.3) is 0 Å². The van der Waals surface area contributed by atoms with Crippen LogP contribution in [0.1, 0.15) is 31.7 Å². The number of carboxylic acid groups (broad SMARTS) is 1. The standard InChI is InChI=1S/C14H20ClNO4S/c1-10(6-7-14(17)18)8-9-16-21(19,20)13-5-3-4-12(15)11(13)2/h3-5,10,16H,6-9H2,1-2H3,(H,17,18). The van der Waals surface area contributed by atoms with Crippen molar-refractivity contribution in [3.05, 3.63) is 28.8 Å². The molecule has 0 fully saturated rings. The molecule has 2 N–H and O–H groups in total. The first-order chi connectivity index (χ1) is 9.74. The number of carbonyl (C=O) groups is 1. The quantitative estimate of drug-likeness (QED) is 0.766. The summed E-state index contributed by atoms with van der Waals surface area (Å²) in [5.41, 5.74) is 0.519. The third-order valence-electron chi connectivity index (χ3n) is 3.29. The van der Waals surface area contributed by atoms with Crippen LogP contribution in [-0.2, 0) is 14.8 Å². The molecule has 0 amide bonds. The molecule has 5 nitrogen and oxygen atoms in total. The van der Waals surface area contributed by atoms with Crippen LogP contribution in [0.3, 0.4) is 0 Å². The van der Waals surface area contributed by atoms with Gasteiger partial charge in [0.15, 0.2) is 0 Å². The van der Waals surface area contributed by atoms with E-state index >= 15 is 0 Å². The number of hydrogen-bond donors (Lipinski definition) is 2. The van der Waals surface area contributed by atoms with E-state index in [1.54, 1.807) is 19.1 Å². The van der Waals surface area contributed by atoms with Crippen LogP contribution in [0.2, 0.25) is 5.02 Å². The molecule has 7 heteroatoms. The SMILES string of the molecule is Cc1c(Cl)cccc1S(=O)(=O)NCCC(C)CCC(=O)O. The fourth-order valence-electron chi connectivity index (χ4n) is 1.91. The first-order valence-corrected chi connectivity index (χ1v) is 8.56. The van der Waals surface area contributed by atoms with Crippen molar-refractivity contribution in [2.24, 2.45) is 5.92 Å². The first-order valence-electron chi connectivity index (χ1n) is 6.70. The maximum absolute atomic E-state index is 12.2. The second-order valence-electron chi connectivity index (χ2n) is 5.09. The largest absolute Gasteiger partial charge is 0.481 e. The molecule has 0 aromatic heterocycles. The summed E-state index contributed by atoms with van der Waals surface area (Å²) < 4.78 is 26.9. The predicted molar refractivity (Wildman–Crippen MR) is 82.0 cm³/mol. The molecule has 0 bridgehead atoms. The third-order valence-corrected chi connectivity index (χ3v) is 5.30. The first kappa shape index (κ1) is 17.9. The van der Waals surface area contributed by atoms with Crippen LogP contribution in [0.15, 0.2) is 23.1 Å². The minimum absolute atomic E-state index is 0.0985. The molecule has 1 unspecified atom stereocenters. The highest BCUT2D eigenvalue weighted by molar-refractivity contribution is 7.89. The maximum Gasteiger partial charge on any atom is 0.303 e.